The minimum Gasteiger partial charge on any atom is -0.438 e. The summed E-state index contributed by atoms with van der Waals surface area (Å²) in [4.78, 5) is 18.2. The Balaban J connectivity index is 2.33. The number of nitrogens with zero attached hydrogens (tertiary/aromatic N) is 3. The van der Waals surface area contributed by atoms with E-state index in [1.54, 1.807) is 19.1 Å². The molecule has 0 spiro atoms. The summed E-state index contributed by atoms with van der Waals surface area (Å²) in [6.07, 6.45) is 1.46. The van der Waals surface area contributed by atoms with Gasteiger partial charge < -0.3 is 4.74 Å². The van der Waals surface area contributed by atoms with E-state index >= 15 is 0 Å². The molecule has 0 saturated heterocycles. The molecule has 0 amide bonds. The number of nitrogens with two attached hydrogens (primary N) is 1. The molecule has 0 aliphatic carbocycles. The van der Waals surface area contributed by atoms with Gasteiger partial charge in [0.15, 0.2) is 0 Å². The molecule has 8 heteroatoms. The maximum absolute atomic E-state index is 10.8. The number of hydrazine groups is 1. The molecule has 0 aliphatic rings. The Morgan fingerprint density at radius 3 is 2.89 bits per heavy atom. The third-order valence-electron chi connectivity index (χ3n) is 2.43. The van der Waals surface area contributed by atoms with Crippen molar-refractivity contribution in [3.05, 3.63) is 46.1 Å². The Bertz CT molecular complexity index is 617. The summed E-state index contributed by atoms with van der Waals surface area (Å²) in [5, 5.41) is 10.8. The first-order valence-corrected chi connectivity index (χ1v) is 5.33. The smallest absolute Gasteiger partial charge is 0.276 e. The number of anilines is 1. The number of nitrogens with one attached hydrogen (secondary N) is 1. The van der Waals surface area contributed by atoms with Crippen molar-refractivity contribution < 1.29 is 9.66 Å². The van der Waals surface area contributed by atoms with Crippen LogP contribution >= 0.6 is 0 Å². The SMILES string of the molecule is Cc1c(Oc2ccnc(NN)n2)cccc1[N+](=O)[O-]. The van der Waals surface area contributed by atoms with Crippen molar-refractivity contribution in [2.45, 2.75) is 6.92 Å². The highest BCUT2D eigenvalue weighted by Gasteiger charge is 2.15. The van der Waals surface area contributed by atoms with Crippen LogP contribution in [0.4, 0.5) is 11.6 Å². The first-order chi connectivity index (χ1) is 9.11. The van der Waals surface area contributed by atoms with Crippen LogP contribution in [0.5, 0.6) is 11.6 Å². The van der Waals surface area contributed by atoms with E-state index in [-0.39, 0.29) is 17.5 Å². The third-order valence-corrected chi connectivity index (χ3v) is 2.43. The van der Waals surface area contributed by atoms with Crippen LogP contribution in [-0.2, 0) is 0 Å². The molecule has 0 unspecified atom stereocenters. The van der Waals surface area contributed by atoms with Gasteiger partial charge in [0, 0.05) is 18.3 Å². The molecule has 0 saturated carbocycles. The zero-order valence-electron chi connectivity index (χ0n) is 10.0. The number of aromatic nitrogens is 2. The standard InChI is InChI=1S/C11H11N5O3/c1-7-8(16(17)18)3-2-4-9(7)19-10-5-6-13-11(14-10)15-12/h2-6H,12H2,1H3,(H,13,14,15). The van der Waals surface area contributed by atoms with Gasteiger partial charge in [-0.05, 0) is 13.0 Å². The van der Waals surface area contributed by atoms with Crippen LogP contribution in [0.3, 0.4) is 0 Å². The van der Waals surface area contributed by atoms with Crippen molar-refractivity contribution in [1.29, 1.82) is 0 Å². The van der Waals surface area contributed by atoms with Crippen LogP contribution in [0.1, 0.15) is 5.56 Å². The van der Waals surface area contributed by atoms with Crippen molar-refractivity contribution in [2.24, 2.45) is 5.84 Å². The molecule has 0 fully saturated rings. The minimum absolute atomic E-state index is 0.0104. The van der Waals surface area contributed by atoms with Gasteiger partial charge in [-0.15, -0.1) is 0 Å². The van der Waals surface area contributed by atoms with E-state index in [1.807, 2.05) is 0 Å². The summed E-state index contributed by atoms with van der Waals surface area (Å²) in [6.45, 7) is 1.61. The van der Waals surface area contributed by atoms with Gasteiger partial charge >= 0.3 is 0 Å². The lowest BCUT2D eigenvalue weighted by molar-refractivity contribution is -0.385. The van der Waals surface area contributed by atoms with Crippen LogP contribution in [0.2, 0.25) is 0 Å². The second-order valence-electron chi connectivity index (χ2n) is 3.62. The number of benzene rings is 1. The predicted octanol–water partition coefficient (Wildman–Crippen LogP) is 1.77. The van der Waals surface area contributed by atoms with Gasteiger partial charge in [-0.1, -0.05) is 6.07 Å². The fraction of sp³-hybridized carbons (Fsp3) is 0.0909. The Labute approximate surface area is 108 Å². The highest BCUT2D eigenvalue weighted by atomic mass is 16.6. The highest BCUT2D eigenvalue weighted by molar-refractivity contribution is 5.49. The van der Waals surface area contributed by atoms with E-state index in [0.29, 0.717) is 11.3 Å². The molecule has 8 nitrogen and oxygen atoms in total. The molecular weight excluding hydrogens is 250 g/mol. The Kier molecular flexibility index (Phi) is 3.53. The second-order valence-corrected chi connectivity index (χ2v) is 3.62. The van der Waals surface area contributed by atoms with Crippen LogP contribution < -0.4 is 16.0 Å². The summed E-state index contributed by atoms with van der Waals surface area (Å²) in [6, 6.07) is 6.11. The van der Waals surface area contributed by atoms with Gasteiger partial charge in [-0.3, -0.25) is 15.5 Å². The molecule has 2 aromatic rings. The Hall–Kier alpha value is -2.74. The third kappa shape index (κ3) is 2.75. The molecule has 1 aromatic carbocycles. The predicted molar refractivity (Wildman–Crippen MR) is 67.7 cm³/mol. The Morgan fingerprint density at radius 2 is 2.21 bits per heavy atom. The maximum atomic E-state index is 10.8. The number of nitrogen functional groups attached to an aromatic ring is 1. The molecular formula is C11H11N5O3. The molecule has 0 atom stereocenters. The largest absolute Gasteiger partial charge is 0.438 e. The molecule has 98 valence electrons. The number of ether oxygens (including phenoxy) is 1. The van der Waals surface area contributed by atoms with E-state index in [0.717, 1.165) is 0 Å². The number of rotatable bonds is 4. The second kappa shape index (κ2) is 5.27. The molecule has 0 aliphatic heterocycles. The van der Waals surface area contributed by atoms with E-state index in [1.165, 1.54) is 18.3 Å². The number of hydrogen-bond donors (Lipinski definition) is 2. The van der Waals surface area contributed by atoms with Gasteiger partial charge in [0.1, 0.15) is 5.75 Å². The van der Waals surface area contributed by atoms with Gasteiger partial charge in [-0.25, -0.2) is 10.8 Å². The van der Waals surface area contributed by atoms with Crippen molar-refractivity contribution in [2.75, 3.05) is 5.43 Å². The van der Waals surface area contributed by atoms with Gasteiger partial charge in [0.05, 0.1) is 10.5 Å². The highest BCUT2D eigenvalue weighted by Crippen LogP contribution is 2.30. The lowest BCUT2D eigenvalue weighted by Crippen LogP contribution is -2.10. The normalized spacial score (nSPS) is 10.0. The molecule has 0 radical (unpaired) electrons. The Morgan fingerprint density at radius 1 is 1.42 bits per heavy atom. The first-order valence-electron chi connectivity index (χ1n) is 5.33. The van der Waals surface area contributed by atoms with Crippen molar-refractivity contribution >= 4 is 11.6 Å². The monoisotopic (exact) mass is 261 g/mol. The molecule has 19 heavy (non-hydrogen) atoms. The van der Waals surface area contributed by atoms with Crippen LogP contribution in [0.15, 0.2) is 30.5 Å². The first kappa shape index (κ1) is 12.7. The zero-order chi connectivity index (χ0) is 13.8. The average molecular weight is 261 g/mol. The van der Waals surface area contributed by atoms with Crippen molar-refractivity contribution in [3.8, 4) is 11.6 Å². The van der Waals surface area contributed by atoms with E-state index in [2.05, 4.69) is 15.4 Å². The van der Waals surface area contributed by atoms with Gasteiger partial charge in [0.2, 0.25) is 11.8 Å². The van der Waals surface area contributed by atoms with Gasteiger partial charge in [-0.2, -0.15) is 4.98 Å². The van der Waals surface area contributed by atoms with Gasteiger partial charge in [0.25, 0.3) is 5.69 Å². The van der Waals surface area contributed by atoms with E-state index in [4.69, 9.17) is 10.6 Å². The zero-order valence-corrected chi connectivity index (χ0v) is 10.0. The molecule has 2 rings (SSSR count). The van der Waals surface area contributed by atoms with Crippen molar-refractivity contribution in [1.82, 2.24) is 9.97 Å². The van der Waals surface area contributed by atoms with Crippen LogP contribution in [-0.4, -0.2) is 14.9 Å². The molecule has 1 aromatic heterocycles. The van der Waals surface area contributed by atoms with E-state index < -0.39 is 4.92 Å². The van der Waals surface area contributed by atoms with Crippen LogP contribution in [0.25, 0.3) is 0 Å². The molecule has 0 bridgehead atoms. The summed E-state index contributed by atoms with van der Waals surface area (Å²) in [5.41, 5.74) is 2.70. The topological polar surface area (TPSA) is 116 Å². The summed E-state index contributed by atoms with van der Waals surface area (Å²) in [5.74, 6) is 5.98. The quantitative estimate of drug-likeness (QED) is 0.489. The average Bonchev–Trinajstić information content (AvgIpc) is 2.41. The number of nitro benzene ring substituents is 1. The van der Waals surface area contributed by atoms with Crippen molar-refractivity contribution in [3.63, 3.8) is 0 Å². The fourth-order valence-corrected chi connectivity index (χ4v) is 1.49. The summed E-state index contributed by atoms with van der Waals surface area (Å²) >= 11 is 0. The molecule has 3 N–H and O–H groups in total. The molecule has 1 heterocycles. The fourth-order valence-electron chi connectivity index (χ4n) is 1.49. The summed E-state index contributed by atoms with van der Waals surface area (Å²) < 4.78 is 5.49. The lowest BCUT2D eigenvalue weighted by Gasteiger charge is -2.08. The maximum Gasteiger partial charge on any atom is 0.276 e. The van der Waals surface area contributed by atoms with Crippen LogP contribution in [0, 0.1) is 17.0 Å². The lowest BCUT2D eigenvalue weighted by atomic mass is 10.2. The minimum atomic E-state index is -0.463. The summed E-state index contributed by atoms with van der Waals surface area (Å²) in [7, 11) is 0. The number of nitro groups is 1. The van der Waals surface area contributed by atoms with E-state index in [9.17, 15) is 10.1 Å². The number of hydrogen-bond acceptors (Lipinski definition) is 7.